The summed E-state index contributed by atoms with van der Waals surface area (Å²) < 4.78 is 0.817. The van der Waals surface area contributed by atoms with Crippen LogP contribution in [0.15, 0.2) is 46.9 Å². The summed E-state index contributed by atoms with van der Waals surface area (Å²) in [5.74, 6) is -0.224. The molecule has 0 aliphatic carbocycles. The monoisotopic (exact) mass is 364 g/mol. The van der Waals surface area contributed by atoms with Gasteiger partial charge in [-0.15, -0.1) is 0 Å². The maximum atomic E-state index is 12.6. The molecule has 0 spiro atoms. The molecule has 3 nitrogen and oxygen atoms in total. The van der Waals surface area contributed by atoms with E-state index in [2.05, 4.69) is 32.6 Å². The molecule has 1 aliphatic rings. The van der Waals surface area contributed by atoms with E-state index < -0.39 is 0 Å². The lowest BCUT2D eigenvalue weighted by molar-refractivity contribution is -0.117. The molecule has 0 fully saturated rings. The number of anilines is 1. The first-order valence-corrected chi connectivity index (χ1v) is 7.86. The molecule has 2 aromatic rings. The first-order valence-electron chi connectivity index (χ1n) is 6.69. The second kappa shape index (κ2) is 6.18. The van der Waals surface area contributed by atoms with Crippen LogP contribution in [0.3, 0.4) is 0 Å². The van der Waals surface area contributed by atoms with Crippen LogP contribution in [0.2, 0.25) is 5.02 Å². The van der Waals surface area contributed by atoms with Gasteiger partial charge < -0.3 is 10.6 Å². The van der Waals surface area contributed by atoms with Gasteiger partial charge >= 0.3 is 0 Å². The number of fused-ring (bicyclic) bond motifs is 1. The Labute approximate surface area is 136 Å². The predicted molar refractivity (Wildman–Crippen MR) is 88.7 cm³/mol. The largest absolute Gasteiger partial charge is 0.324 e. The van der Waals surface area contributed by atoms with Crippen molar-refractivity contribution in [1.29, 1.82) is 0 Å². The number of hydrogen-bond acceptors (Lipinski definition) is 2. The quantitative estimate of drug-likeness (QED) is 0.846. The van der Waals surface area contributed by atoms with Gasteiger partial charge in [0.1, 0.15) is 0 Å². The maximum Gasteiger partial charge on any atom is 0.233 e. The smallest absolute Gasteiger partial charge is 0.233 e. The molecule has 2 N–H and O–H groups in total. The molecular weight excluding hydrogens is 352 g/mol. The van der Waals surface area contributed by atoms with Crippen LogP contribution in [0.1, 0.15) is 17.0 Å². The summed E-state index contributed by atoms with van der Waals surface area (Å²) in [7, 11) is 0. The molecule has 0 saturated carbocycles. The number of carbonyl (C=O) groups is 1. The van der Waals surface area contributed by atoms with E-state index in [4.69, 9.17) is 11.6 Å². The van der Waals surface area contributed by atoms with Crippen LogP contribution in [0, 0.1) is 0 Å². The number of nitrogens with one attached hydrogen (secondary N) is 2. The van der Waals surface area contributed by atoms with Crippen molar-refractivity contribution in [3.63, 3.8) is 0 Å². The lowest BCUT2D eigenvalue weighted by Crippen LogP contribution is -2.35. The van der Waals surface area contributed by atoms with Gasteiger partial charge in [0.2, 0.25) is 5.91 Å². The Bertz CT molecular complexity index is 690. The van der Waals surface area contributed by atoms with Crippen molar-refractivity contribution in [2.75, 3.05) is 11.9 Å². The first kappa shape index (κ1) is 14.6. The van der Waals surface area contributed by atoms with Crippen LogP contribution < -0.4 is 10.6 Å². The molecule has 1 aliphatic heterocycles. The van der Waals surface area contributed by atoms with Crippen molar-refractivity contribution < 1.29 is 4.79 Å². The minimum absolute atomic E-state index is 0.0300. The highest BCUT2D eigenvalue weighted by molar-refractivity contribution is 9.10. The van der Waals surface area contributed by atoms with Crippen molar-refractivity contribution >= 4 is 39.1 Å². The molecule has 1 atom stereocenters. The van der Waals surface area contributed by atoms with Gasteiger partial charge in [0.15, 0.2) is 0 Å². The summed E-state index contributed by atoms with van der Waals surface area (Å²) >= 11 is 9.41. The van der Waals surface area contributed by atoms with Crippen molar-refractivity contribution in [2.24, 2.45) is 0 Å². The molecule has 1 heterocycles. The van der Waals surface area contributed by atoms with Crippen LogP contribution in [0.4, 0.5) is 5.69 Å². The summed E-state index contributed by atoms with van der Waals surface area (Å²) in [4.78, 5) is 12.6. The molecule has 21 heavy (non-hydrogen) atoms. The molecule has 0 bridgehead atoms. The fraction of sp³-hybridized carbons (Fsp3) is 0.188. The summed E-state index contributed by atoms with van der Waals surface area (Å²) in [5.41, 5.74) is 2.96. The SMILES string of the molecule is O=C(Nc1cc(Cl)ccc1Br)C1CNCc2ccccc21. The first-order chi connectivity index (χ1) is 10.1. The second-order valence-corrected chi connectivity index (χ2v) is 6.29. The van der Waals surface area contributed by atoms with Gasteiger partial charge in [-0.2, -0.15) is 0 Å². The van der Waals surface area contributed by atoms with Crippen molar-refractivity contribution in [1.82, 2.24) is 5.32 Å². The average Bonchev–Trinajstić information content (AvgIpc) is 2.50. The molecular formula is C16H14BrClN2O. The fourth-order valence-electron chi connectivity index (χ4n) is 2.54. The highest BCUT2D eigenvalue weighted by Crippen LogP contribution is 2.29. The number of carbonyl (C=O) groups excluding carboxylic acids is 1. The zero-order chi connectivity index (χ0) is 14.8. The average molecular weight is 366 g/mol. The Kier molecular flexibility index (Phi) is 4.29. The highest BCUT2D eigenvalue weighted by atomic mass is 79.9. The number of amides is 1. The van der Waals surface area contributed by atoms with Gasteiger partial charge in [-0.3, -0.25) is 4.79 Å². The zero-order valence-corrected chi connectivity index (χ0v) is 13.5. The van der Waals surface area contributed by atoms with Crippen LogP contribution in [-0.4, -0.2) is 12.5 Å². The van der Waals surface area contributed by atoms with E-state index in [-0.39, 0.29) is 11.8 Å². The molecule has 5 heteroatoms. The lowest BCUT2D eigenvalue weighted by atomic mass is 9.90. The van der Waals surface area contributed by atoms with Crippen molar-refractivity contribution in [2.45, 2.75) is 12.5 Å². The van der Waals surface area contributed by atoms with E-state index in [1.54, 1.807) is 12.1 Å². The van der Waals surface area contributed by atoms with E-state index in [0.29, 0.717) is 17.3 Å². The Hall–Kier alpha value is -1.36. The van der Waals surface area contributed by atoms with Gasteiger partial charge in [-0.25, -0.2) is 0 Å². The minimum atomic E-state index is -0.194. The van der Waals surface area contributed by atoms with E-state index in [0.717, 1.165) is 16.6 Å². The molecule has 2 aromatic carbocycles. The Morgan fingerprint density at radius 2 is 2.10 bits per heavy atom. The van der Waals surface area contributed by atoms with E-state index >= 15 is 0 Å². The van der Waals surface area contributed by atoms with E-state index in [1.165, 1.54) is 5.56 Å². The highest BCUT2D eigenvalue weighted by Gasteiger charge is 2.26. The van der Waals surface area contributed by atoms with Gasteiger partial charge in [-0.05, 0) is 45.3 Å². The van der Waals surface area contributed by atoms with Gasteiger partial charge in [0, 0.05) is 22.6 Å². The van der Waals surface area contributed by atoms with Crippen LogP contribution in [-0.2, 0) is 11.3 Å². The third kappa shape index (κ3) is 3.12. The minimum Gasteiger partial charge on any atom is -0.324 e. The van der Waals surface area contributed by atoms with Crippen LogP contribution in [0.5, 0.6) is 0 Å². The number of hydrogen-bond donors (Lipinski definition) is 2. The standard InChI is InChI=1S/C16H14BrClN2O/c17-14-6-5-11(18)7-15(14)20-16(21)13-9-19-8-10-3-1-2-4-12(10)13/h1-7,13,19H,8-9H2,(H,20,21). The van der Waals surface area contributed by atoms with Crippen molar-refractivity contribution in [3.05, 3.63) is 63.1 Å². The zero-order valence-electron chi connectivity index (χ0n) is 11.2. The van der Waals surface area contributed by atoms with Crippen LogP contribution in [0.25, 0.3) is 0 Å². The van der Waals surface area contributed by atoms with E-state index in [9.17, 15) is 4.79 Å². The van der Waals surface area contributed by atoms with Crippen molar-refractivity contribution in [3.8, 4) is 0 Å². The maximum absolute atomic E-state index is 12.6. The van der Waals surface area contributed by atoms with Crippen LogP contribution >= 0.6 is 27.5 Å². The number of benzene rings is 2. The third-order valence-electron chi connectivity index (χ3n) is 3.60. The van der Waals surface area contributed by atoms with Gasteiger partial charge in [0.05, 0.1) is 11.6 Å². The Morgan fingerprint density at radius 3 is 2.95 bits per heavy atom. The third-order valence-corrected chi connectivity index (χ3v) is 4.52. The number of halogens is 2. The van der Waals surface area contributed by atoms with E-state index in [1.807, 2.05) is 24.3 Å². The molecule has 3 rings (SSSR count). The number of rotatable bonds is 2. The predicted octanol–water partition coefficient (Wildman–Crippen LogP) is 3.93. The molecule has 1 unspecified atom stereocenters. The molecule has 0 radical (unpaired) electrons. The molecule has 0 aromatic heterocycles. The second-order valence-electron chi connectivity index (χ2n) is 5.00. The molecule has 108 valence electrons. The fourth-order valence-corrected chi connectivity index (χ4v) is 3.06. The topological polar surface area (TPSA) is 41.1 Å². The summed E-state index contributed by atoms with van der Waals surface area (Å²) in [6.45, 7) is 1.45. The normalized spacial score (nSPS) is 17.1. The summed E-state index contributed by atoms with van der Waals surface area (Å²) in [5, 5.41) is 6.83. The molecule has 1 amide bonds. The van der Waals surface area contributed by atoms with Gasteiger partial charge in [-0.1, -0.05) is 35.9 Å². The molecule has 0 saturated heterocycles. The summed E-state index contributed by atoms with van der Waals surface area (Å²) in [6.07, 6.45) is 0. The lowest BCUT2D eigenvalue weighted by Gasteiger charge is -2.25. The summed E-state index contributed by atoms with van der Waals surface area (Å²) in [6, 6.07) is 13.4. The van der Waals surface area contributed by atoms with Gasteiger partial charge in [0.25, 0.3) is 0 Å². The Morgan fingerprint density at radius 1 is 1.29 bits per heavy atom. The Balaban J connectivity index is 1.85.